The van der Waals surface area contributed by atoms with Gasteiger partial charge in [0.05, 0.1) is 40.5 Å². The molecule has 1 aliphatic heterocycles. The molecule has 1 N–H and O–H groups in total. The highest BCUT2D eigenvalue weighted by atomic mass is 32.2. The number of sulfone groups is 1. The first-order chi connectivity index (χ1) is 16.3. The average molecular weight is 479 g/mol. The normalized spacial score (nSPS) is 19.0. The summed E-state index contributed by atoms with van der Waals surface area (Å²) in [4.78, 5) is 23.9. The number of benzene rings is 1. The zero-order chi connectivity index (χ0) is 23.9. The molecular formula is C26H30N4O3S. The van der Waals surface area contributed by atoms with Crippen LogP contribution in [-0.2, 0) is 14.6 Å². The van der Waals surface area contributed by atoms with Gasteiger partial charge in [0.15, 0.2) is 0 Å². The van der Waals surface area contributed by atoms with Crippen molar-refractivity contribution >= 4 is 38.2 Å². The van der Waals surface area contributed by atoms with Crippen molar-refractivity contribution in [3.8, 4) is 0 Å². The van der Waals surface area contributed by atoms with E-state index in [4.69, 9.17) is 0 Å². The van der Waals surface area contributed by atoms with Gasteiger partial charge >= 0.3 is 0 Å². The van der Waals surface area contributed by atoms with Crippen molar-refractivity contribution < 1.29 is 13.2 Å². The van der Waals surface area contributed by atoms with E-state index in [1.54, 1.807) is 11.9 Å². The van der Waals surface area contributed by atoms with Gasteiger partial charge in [0.1, 0.15) is 9.84 Å². The van der Waals surface area contributed by atoms with E-state index in [0.717, 1.165) is 28.0 Å². The molecule has 1 atom stereocenters. The fourth-order valence-corrected chi connectivity index (χ4v) is 6.26. The van der Waals surface area contributed by atoms with Crippen LogP contribution in [0.3, 0.4) is 0 Å². The molecule has 5 rings (SSSR count). The lowest BCUT2D eigenvalue weighted by molar-refractivity contribution is -0.136. The molecule has 1 saturated carbocycles. The van der Waals surface area contributed by atoms with Gasteiger partial charge in [0, 0.05) is 30.4 Å². The van der Waals surface area contributed by atoms with Gasteiger partial charge in [-0.1, -0.05) is 12.1 Å². The van der Waals surface area contributed by atoms with Gasteiger partial charge in [-0.25, -0.2) is 8.42 Å². The maximum atomic E-state index is 13.0. The molecule has 0 bridgehead atoms. The summed E-state index contributed by atoms with van der Waals surface area (Å²) < 4.78 is 23.4. The van der Waals surface area contributed by atoms with Crippen LogP contribution in [0, 0.1) is 5.92 Å². The maximum absolute atomic E-state index is 13.0. The number of amides is 1. The topological polar surface area (TPSA) is 92.3 Å². The molecule has 3 aromatic rings. The van der Waals surface area contributed by atoms with Gasteiger partial charge in [-0.2, -0.15) is 0 Å². The number of nitrogens with one attached hydrogen (secondary N) is 1. The van der Waals surface area contributed by atoms with Crippen molar-refractivity contribution in [2.75, 3.05) is 23.9 Å². The van der Waals surface area contributed by atoms with Crippen molar-refractivity contribution in [3.63, 3.8) is 0 Å². The summed E-state index contributed by atoms with van der Waals surface area (Å²) in [6.45, 7) is 2.00. The summed E-state index contributed by atoms with van der Waals surface area (Å²) >= 11 is 0. The first-order valence-corrected chi connectivity index (χ1v) is 13.7. The molecule has 7 nitrogen and oxygen atoms in total. The number of hydrogen-bond donors (Lipinski definition) is 1. The second-order valence-corrected chi connectivity index (χ2v) is 11.8. The Hall–Kier alpha value is -3.00. The molecule has 178 valence electrons. The smallest absolute Gasteiger partial charge is 0.225 e. The molecule has 0 spiro atoms. The van der Waals surface area contributed by atoms with E-state index in [-0.39, 0.29) is 29.4 Å². The number of carbonyl (C=O) groups excluding carboxylic acids is 1. The van der Waals surface area contributed by atoms with E-state index in [0.29, 0.717) is 18.8 Å². The molecule has 0 radical (unpaired) electrons. The summed E-state index contributed by atoms with van der Waals surface area (Å²) in [7, 11) is -1.18. The van der Waals surface area contributed by atoms with E-state index < -0.39 is 9.84 Å². The summed E-state index contributed by atoms with van der Waals surface area (Å²) in [5.41, 5.74) is 6.11. The van der Waals surface area contributed by atoms with Crippen molar-refractivity contribution in [3.05, 3.63) is 59.9 Å². The van der Waals surface area contributed by atoms with Gasteiger partial charge in [-0.05, 0) is 68.4 Å². The van der Waals surface area contributed by atoms with Crippen LogP contribution >= 0.6 is 0 Å². The zero-order valence-electron chi connectivity index (χ0n) is 19.6. The first-order valence-electron chi connectivity index (χ1n) is 11.9. The number of rotatable bonds is 6. The van der Waals surface area contributed by atoms with Crippen molar-refractivity contribution in [1.29, 1.82) is 0 Å². The molecule has 2 aromatic heterocycles. The van der Waals surface area contributed by atoms with Crippen LogP contribution in [0.2, 0.25) is 0 Å². The highest BCUT2D eigenvalue weighted by molar-refractivity contribution is 7.91. The summed E-state index contributed by atoms with van der Waals surface area (Å²) in [6, 6.07) is 11.9. The monoisotopic (exact) mass is 478 g/mol. The van der Waals surface area contributed by atoms with Crippen LogP contribution in [0.25, 0.3) is 11.0 Å². The fourth-order valence-electron chi connectivity index (χ4n) is 4.76. The Bertz CT molecular complexity index is 1310. The second-order valence-electron chi connectivity index (χ2n) is 9.53. The lowest BCUT2D eigenvalue weighted by Crippen LogP contribution is -2.38. The Kier molecular flexibility index (Phi) is 6.02. The average Bonchev–Trinajstić information content (AvgIpc) is 3.68. The van der Waals surface area contributed by atoms with Crippen LogP contribution in [-0.4, -0.2) is 47.7 Å². The van der Waals surface area contributed by atoms with E-state index >= 15 is 0 Å². The summed E-state index contributed by atoms with van der Waals surface area (Å²) in [5.74, 6) is 0.541. The third kappa shape index (κ3) is 4.64. The molecule has 1 aromatic carbocycles. The number of anilines is 2. The molecule has 34 heavy (non-hydrogen) atoms. The number of pyridine rings is 2. The molecule has 0 unspecified atom stereocenters. The predicted octanol–water partition coefficient (Wildman–Crippen LogP) is 4.60. The second kappa shape index (κ2) is 8.98. The van der Waals surface area contributed by atoms with Gasteiger partial charge in [0.2, 0.25) is 5.91 Å². The van der Waals surface area contributed by atoms with Crippen molar-refractivity contribution in [1.82, 2.24) is 14.9 Å². The van der Waals surface area contributed by atoms with Crippen LogP contribution in [0.1, 0.15) is 55.7 Å². The Labute approximate surface area is 200 Å². The number of carbonyl (C=O) groups is 1. The Morgan fingerprint density at radius 1 is 1.06 bits per heavy atom. The van der Waals surface area contributed by atoms with E-state index in [1.165, 1.54) is 18.4 Å². The predicted molar refractivity (Wildman–Crippen MR) is 134 cm³/mol. The van der Waals surface area contributed by atoms with Crippen molar-refractivity contribution in [2.45, 2.75) is 44.6 Å². The molecule has 1 aliphatic carbocycles. The summed E-state index contributed by atoms with van der Waals surface area (Å²) in [6.07, 6.45) is 6.89. The van der Waals surface area contributed by atoms with Crippen LogP contribution in [0.15, 0.2) is 48.8 Å². The largest absolute Gasteiger partial charge is 0.354 e. The molecule has 3 heterocycles. The minimum absolute atomic E-state index is 0.0217. The Morgan fingerprint density at radius 3 is 2.44 bits per heavy atom. The van der Waals surface area contributed by atoms with Crippen molar-refractivity contribution in [2.24, 2.45) is 5.92 Å². The standard InChI is InChI=1S/C26H30N4O3S/c1-17(30(2)26(31)20-11-14-34(32,33)15-12-20)18-7-9-21(10-8-18)29-23-16-28-22-4-3-13-27-25(22)24(23)19-5-6-19/h3-4,7-10,13,16-17,19-20,29H,5-6,11-12,14-15H2,1-2H3/t17-/m0/s1. The highest BCUT2D eigenvalue weighted by Crippen LogP contribution is 2.46. The number of hydrogen-bond acceptors (Lipinski definition) is 6. The molecule has 2 aliphatic rings. The fraction of sp³-hybridized carbons (Fsp3) is 0.423. The molecule has 1 saturated heterocycles. The summed E-state index contributed by atoms with van der Waals surface area (Å²) in [5, 5.41) is 3.52. The number of fused-ring (bicyclic) bond motifs is 1. The number of aromatic nitrogens is 2. The van der Waals surface area contributed by atoms with Crippen LogP contribution in [0.4, 0.5) is 11.4 Å². The number of nitrogens with zero attached hydrogens (tertiary/aromatic N) is 3. The quantitative estimate of drug-likeness (QED) is 0.557. The molecule has 2 fully saturated rings. The van der Waals surface area contributed by atoms with E-state index in [2.05, 4.69) is 15.3 Å². The zero-order valence-corrected chi connectivity index (χ0v) is 20.4. The lowest BCUT2D eigenvalue weighted by Gasteiger charge is -2.31. The highest BCUT2D eigenvalue weighted by Gasteiger charge is 2.32. The van der Waals surface area contributed by atoms with Gasteiger partial charge in [-0.15, -0.1) is 0 Å². The minimum Gasteiger partial charge on any atom is -0.354 e. The van der Waals surface area contributed by atoms with Gasteiger partial charge in [-0.3, -0.25) is 14.8 Å². The van der Waals surface area contributed by atoms with Gasteiger partial charge < -0.3 is 10.2 Å². The first kappa shape index (κ1) is 22.8. The molecular weight excluding hydrogens is 448 g/mol. The van der Waals surface area contributed by atoms with E-state index in [1.807, 2.05) is 55.7 Å². The van der Waals surface area contributed by atoms with Gasteiger partial charge in [0.25, 0.3) is 0 Å². The van der Waals surface area contributed by atoms with Crippen LogP contribution < -0.4 is 5.32 Å². The van der Waals surface area contributed by atoms with Crippen LogP contribution in [0.5, 0.6) is 0 Å². The molecule has 8 heteroatoms. The minimum atomic E-state index is -2.98. The SMILES string of the molecule is C[C@@H](c1ccc(Nc2cnc3cccnc3c2C2CC2)cc1)N(C)C(=O)C1CCS(=O)(=O)CC1. The third-order valence-corrected chi connectivity index (χ3v) is 8.87. The third-order valence-electron chi connectivity index (χ3n) is 7.15. The molecule has 1 amide bonds. The maximum Gasteiger partial charge on any atom is 0.225 e. The Morgan fingerprint density at radius 2 is 1.76 bits per heavy atom. The van der Waals surface area contributed by atoms with E-state index in [9.17, 15) is 13.2 Å². The lowest BCUT2D eigenvalue weighted by atomic mass is 9.99. The Balaban J connectivity index is 1.29.